The Morgan fingerprint density at radius 2 is 1.89 bits per heavy atom. The van der Waals surface area contributed by atoms with Crippen molar-refractivity contribution in [1.82, 2.24) is 14.7 Å². The van der Waals surface area contributed by atoms with Crippen LogP contribution in [0.3, 0.4) is 0 Å². The van der Waals surface area contributed by atoms with E-state index in [-0.39, 0.29) is 11.6 Å². The lowest BCUT2D eigenvalue weighted by molar-refractivity contribution is -0.384. The van der Waals surface area contributed by atoms with E-state index in [0.29, 0.717) is 11.4 Å². The van der Waals surface area contributed by atoms with Gasteiger partial charge in [-0.3, -0.25) is 14.9 Å². The van der Waals surface area contributed by atoms with Gasteiger partial charge in [0.15, 0.2) is 5.69 Å². The molecule has 0 N–H and O–H groups in total. The largest absolute Gasteiger partial charge is 0.343 e. The van der Waals surface area contributed by atoms with Crippen LogP contribution in [-0.4, -0.2) is 39.6 Å². The summed E-state index contributed by atoms with van der Waals surface area (Å²) in [6, 6.07) is 7.54. The van der Waals surface area contributed by atoms with Crippen LogP contribution in [0.1, 0.15) is 10.5 Å². The van der Waals surface area contributed by atoms with E-state index in [1.165, 1.54) is 21.7 Å². The van der Waals surface area contributed by atoms with Gasteiger partial charge >= 0.3 is 0 Å². The fourth-order valence-corrected chi connectivity index (χ4v) is 1.54. The van der Waals surface area contributed by atoms with Crippen LogP contribution >= 0.6 is 0 Å². The van der Waals surface area contributed by atoms with Crippen LogP contribution in [0.4, 0.5) is 5.69 Å². The van der Waals surface area contributed by atoms with Crippen molar-refractivity contribution in [1.29, 1.82) is 0 Å². The molecule has 0 atom stereocenters. The zero-order valence-electron chi connectivity index (χ0n) is 10.5. The van der Waals surface area contributed by atoms with Crippen molar-refractivity contribution in [2.24, 2.45) is 0 Å². The van der Waals surface area contributed by atoms with Crippen molar-refractivity contribution in [2.45, 2.75) is 0 Å². The minimum absolute atomic E-state index is 0.0143. The number of carbonyl (C=O) groups is 1. The van der Waals surface area contributed by atoms with E-state index in [4.69, 9.17) is 0 Å². The average Bonchev–Trinajstić information content (AvgIpc) is 2.87. The zero-order valence-corrected chi connectivity index (χ0v) is 10.5. The summed E-state index contributed by atoms with van der Waals surface area (Å²) in [5.41, 5.74) is 0.993. The highest BCUT2D eigenvalue weighted by Gasteiger charge is 2.12. The highest BCUT2D eigenvalue weighted by atomic mass is 16.6. The first kappa shape index (κ1) is 12.7. The van der Waals surface area contributed by atoms with Crippen molar-refractivity contribution < 1.29 is 9.72 Å². The van der Waals surface area contributed by atoms with Crippen LogP contribution in [0.25, 0.3) is 5.69 Å². The Kier molecular flexibility index (Phi) is 3.28. The normalized spacial score (nSPS) is 10.2. The topological polar surface area (TPSA) is 81.3 Å². The summed E-state index contributed by atoms with van der Waals surface area (Å²) in [6.45, 7) is 0. The van der Waals surface area contributed by atoms with E-state index < -0.39 is 4.92 Å². The smallest absolute Gasteiger partial charge is 0.273 e. The van der Waals surface area contributed by atoms with Crippen molar-refractivity contribution in [3.63, 3.8) is 0 Å². The molecule has 0 unspecified atom stereocenters. The fourth-order valence-electron chi connectivity index (χ4n) is 1.54. The van der Waals surface area contributed by atoms with Crippen LogP contribution < -0.4 is 0 Å². The quantitative estimate of drug-likeness (QED) is 0.618. The Labute approximate surface area is 109 Å². The summed E-state index contributed by atoms with van der Waals surface area (Å²) in [7, 11) is 3.29. The maximum Gasteiger partial charge on any atom is 0.273 e. The number of rotatable bonds is 3. The second kappa shape index (κ2) is 4.89. The summed E-state index contributed by atoms with van der Waals surface area (Å²) in [5.74, 6) is -0.194. The Morgan fingerprint density at radius 3 is 2.42 bits per heavy atom. The zero-order chi connectivity index (χ0) is 14.0. The van der Waals surface area contributed by atoms with Crippen LogP contribution in [0.5, 0.6) is 0 Å². The summed E-state index contributed by atoms with van der Waals surface area (Å²) >= 11 is 0. The number of hydrogen-bond donors (Lipinski definition) is 0. The van der Waals surface area contributed by atoms with Crippen molar-refractivity contribution >= 4 is 11.6 Å². The molecule has 2 rings (SSSR count). The number of aromatic nitrogens is 2. The van der Waals surface area contributed by atoms with Gasteiger partial charge in [-0.2, -0.15) is 5.10 Å². The van der Waals surface area contributed by atoms with Crippen LogP contribution in [0, 0.1) is 10.1 Å². The fraction of sp³-hybridized carbons (Fsp3) is 0.167. The number of non-ortho nitro benzene ring substituents is 1. The molecule has 1 amide bonds. The predicted octanol–water partition coefficient (Wildman–Crippen LogP) is 1.48. The third-order valence-corrected chi connectivity index (χ3v) is 2.54. The Balaban J connectivity index is 2.28. The van der Waals surface area contributed by atoms with E-state index in [2.05, 4.69) is 5.10 Å². The molecule has 2 aromatic rings. The molecule has 0 radical (unpaired) electrons. The molecule has 0 bridgehead atoms. The molecular weight excluding hydrogens is 248 g/mol. The summed E-state index contributed by atoms with van der Waals surface area (Å²) in [6.07, 6.45) is 1.64. The first-order chi connectivity index (χ1) is 8.99. The minimum Gasteiger partial charge on any atom is -0.343 e. The molecular formula is C12H12N4O3. The lowest BCUT2D eigenvalue weighted by Crippen LogP contribution is -2.22. The van der Waals surface area contributed by atoms with Crippen LogP contribution in [0.15, 0.2) is 36.5 Å². The van der Waals surface area contributed by atoms with Gasteiger partial charge in [0, 0.05) is 32.4 Å². The third kappa shape index (κ3) is 2.59. The van der Waals surface area contributed by atoms with Gasteiger partial charge in [-0.15, -0.1) is 0 Å². The van der Waals surface area contributed by atoms with E-state index in [1.54, 1.807) is 38.5 Å². The van der Waals surface area contributed by atoms with Gasteiger partial charge in [0.1, 0.15) is 0 Å². The molecule has 7 nitrogen and oxygen atoms in total. The van der Waals surface area contributed by atoms with E-state index >= 15 is 0 Å². The molecule has 19 heavy (non-hydrogen) atoms. The van der Waals surface area contributed by atoms with Crippen molar-refractivity contribution in [2.75, 3.05) is 14.1 Å². The summed E-state index contributed by atoms with van der Waals surface area (Å²) in [4.78, 5) is 23.2. The first-order valence-corrected chi connectivity index (χ1v) is 5.51. The number of hydrogen-bond acceptors (Lipinski definition) is 4. The maximum atomic E-state index is 11.7. The molecule has 1 heterocycles. The summed E-state index contributed by atoms with van der Waals surface area (Å²) in [5, 5.41) is 14.7. The number of nitro benzene ring substituents is 1. The second-order valence-electron chi connectivity index (χ2n) is 4.12. The van der Waals surface area contributed by atoms with Crippen LogP contribution in [-0.2, 0) is 0 Å². The lowest BCUT2D eigenvalue weighted by atomic mass is 10.3. The number of nitro groups is 1. The summed E-state index contributed by atoms with van der Waals surface area (Å²) < 4.78 is 1.50. The molecule has 0 saturated carbocycles. The highest BCUT2D eigenvalue weighted by molar-refractivity contribution is 5.91. The number of benzene rings is 1. The predicted molar refractivity (Wildman–Crippen MR) is 68.2 cm³/mol. The molecule has 0 aliphatic carbocycles. The van der Waals surface area contributed by atoms with Crippen molar-refractivity contribution in [3.8, 4) is 5.69 Å². The van der Waals surface area contributed by atoms with Gasteiger partial charge in [0.2, 0.25) is 0 Å². The Morgan fingerprint density at radius 1 is 1.26 bits per heavy atom. The van der Waals surface area contributed by atoms with Gasteiger partial charge < -0.3 is 4.90 Å². The standard InChI is InChI=1S/C12H12N4O3/c1-14(2)12(17)11-7-8-15(13-11)9-3-5-10(6-4-9)16(18)19/h3-8H,1-2H3. The van der Waals surface area contributed by atoms with Crippen molar-refractivity contribution in [3.05, 3.63) is 52.3 Å². The molecule has 0 fully saturated rings. The third-order valence-electron chi connectivity index (χ3n) is 2.54. The number of carbonyl (C=O) groups excluding carboxylic acids is 1. The van der Waals surface area contributed by atoms with Gasteiger partial charge in [-0.25, -0.2) is 4.68 Å². The van der Waals surface area contributed by atoms with Gasteiger partial charge in [-0.05, 0) is 18.2 Å². The average molecular weight is 260 g/mol. The van der Waals surface area contributed by atoms with Gasteiger partial charge in [0.05, 0.1) is 10.6 Å². The van der Waals surface area contributed by atoms with E-state index in [9.17, 15) is 14.9 Å². The number of nitrogens with zero attached hydrogens (tertiary/aromatic N) is 4. The SMILES string of the molecule is CN(C)C(=O)c1ccn(-c2ccc([N+](=O)[O-])cc2)n1. The minimum atomic E-state index is -0.464. The molecule has 1 aromatic carbocycles. The molecule has 0 aliphatic heterocycles. The second-order valence-corrected chi connectivity index (χ2v) is 4.12. The Hall–Kier alpha value is -2.70. The maximum absolute atomic E-state index is 11.7. The van der Waals surface area contributed by atoms with Crippen LogP contribution in [0.2, 0.25) is 0 Å². The van der Waals surface area contributed by atoms with E-state index in [1.807, 2.05) is 0 Å². The van der Waals surface area contributed by atoms with Gasteiger partial charge in [-0.1, -0.05) is 0 Å². The highest BCUT2D eigenvalue weighted by Crippen LogP contribution is 2.15. The molecule has 0 saturated heterocycles. The first-order valence-electron chi connectivity index (χ1n) is 5.51. The monoisotopic (exact) mass is 260 g/mol. The lowest BCUT2D eigenvalue weighted by Gasteiger charge is -2.06. The molecule has 7 heteroatoms. The Bertz CT molecular complexity index is 616. The molecule has 0 spiro atoms. The number of amides is 1. The van der Waals surface area contributed by atoms with E-state index in [0.717, 1.165) is 0 Å². The van der Waals surface area contributed by atoms with Gasteiger partial charge in [0.25, 0.3) is 11.6 Å². The molecule has 0 aliphatic rings. The molecule has 1 aromatic heterocycles. The molecule has 98 valence electrons.